The van der Waals surface area contributed by atoms with Crippen LogP contribution in [0, 0.1) is 5.92 Å². The first kappa shape index (κ1) is 28.0. The summed E-state index contributed by atoms with van der Waals surface area (Å²) < 4.78 is 13.0. The summed E-state index contributed by atoms with van der Waals surface area (Å²) in [6.07, 6.45) is 2.07. The molecule has 6 rings (SSSR count). The van der Waals surface area contributed by atoms with E-state index in [2.05, 4.69) is 37.4 Å². The Morgan fingerprint density at radius 3 is 2.43 bits per heavy atom. The molecular formula is C31H30N6O4S. The number of nitrogens with one attached hydrogen (secondary N) is 2. The molecule has 0 saturated carbocycles. The topological polar surface area (TPSA) is 135 Å². The molecule has 0 radical (unpaired) electrons. The number of hydrogen-bond donors (Lipinski definition) is 3. The minimum absolute atomic E-state index is 0.00793. The van der Waals surface area contributed by atoms with Crippen molar-refractivity contribution in [3.05, 3.63) is 113 Å². The third-order valence-electron chi connectivity index (χ3n) is 7.29. The summed E-state index contributed by atoms with van der Waals surface area (Å²) in [5, 5.41) is 20.0. The van der Waals surface area contributed by atoms with Gasteiger partial charge in [-0.1, -0.05) is 79.3 Å². The number of ether oxygens (including phenoxy) is 2. The number of aliphatic hydroxyl groups is 1. The Morgan fingerprint density at radius 2 is 1.69 bits per heavy atom. The largest absolute Gasteiger partial charge is 0.392 e. The van der Waals surface area contributed by atoms with Crippen LogP contribution in [0.1, 0.15) is 52.1 Å². The van der Waals surface area contributed by atoms with Crippen LogP contribution < -0.4 is 5.32 Å². The standard InChI is InChI=1S/C31H30N6O4S/c1-19-27(17-42-31-34-18-35-37-31)40-30(41-28(19)22-10-8-21(16-38)9-11-22)23-12-6-20(7-13-23)14-33-29(39)26-15-32-24-4-2-3-5-25(24)36-26/h2-13,15,18-19,27-28,30,38H,14,16-17H2,1H3,(H,33,39)(H,34,35,37)/t19-,27+,28+,30+/m0/s1. The summed E-state index contributed by atoms with van der Waals surface area (Å²) in [5.74, 6) is 0.445. The molecule has 0 spiro atoms. The lowest BCUT2D eigenvalue weighted by molar-refractivity contribution is -0.268. The average molecular weight is 583 g/mol. The number of fused-ring (bicyclic) bond motifs is 1. The van der Waals surface area contributed by atoms with E-state index in [4.69, 9.17) is 9.47 Å². The fourth-order valence-electron chi connectivity index (χ4n) is 4.87. The lowest BCUT2D eigenvalue weighted by atomic mass is 9.91. The number of thioether (sulfide) groups is 1. The van der Waals surface area contributed by atoms with Gasteiger partial charge in [-0.05, 0) is 28.8 Å². The molecule has 4 atom stereocenters. The normalized spacial score (nSPS) is 20.4. The second-order valence-electron chi connectivity index (χ2n) is 10.1. The zero-order valence-corrected chi connectivity index (χ0v) is 23.7. The highest BCUT2D eigenvalue weighted by Gasteiger charge is 2.38. The van der Waals surface area contributed by atoms with Crippen LogP contribution in [-0.4, -0.2) is 48.0 Å². The van der Waals surface area contributed by atoms with E-state index in [1.165, 1.54) is 12.5 Å². The lowest BCUT2D eigenvalue weighted by Crippen LogP contribution is -2.38. The molecule has 3 aromatic carbocycles. The summed E-state index contributed by atoms with van der Waals surface area (Å²) in [5.41, 5.74) is 5.38. The molecule has 214 valence electrons. The van der Waals surface area contributed by atoms with Gasteiger partial charge in [0.15, 0.2) is 11.4 Å². The van der Waals surface area contributed by atoms with Gasteiger partial charge in [0.1, 0.15) is 12.0 Å². The van der Waals surface area contributed by atoms with Crippen molar-refractivity contribution in [1.82, 2.24) is 30.5 Å². The van der Waals surface area contributed by atoms with E-state index >= 15 is 0 Å². The molecule has 1 amide bonds. The first-order valence-corrected chi connectivity index (χ1v) is 14.6. The molecule has 11 heteroatoms. The van der Waals surface area contributed by atoms with Crippen LogP contribution in [0.25, 0.3) is 11.0 Å². The first-order chi connectivity index (χ1) is 20.6. The van der Waals surface area contributed by atoms with Gasteiger partial charge in [0.2, 0.25) is 0 Å². The number of carbonyl (C=O) groups excluding carboxylic acids is 1. The highest BCUT2D eigenvalue weighted by atomic mass is 32.2. The summed E-state index contributed by atoms with van der Waals surface area (Å²) >= 11 is 1.56. The summed E-state index contributed by atoms with van der Waals surface area (Å²) in [4.78, 5) is 25.7. The number of aromatic amines is 1. The molecule has 42 heavy (non-hydrogen) atoms. The summed E-state index contributed by atoms with van der Waals surface area (Å²) in [7, 11) is 0. The Kier molecular flexibility index (Phi) is 8.52. The Balaban J connectivity index is 1.14. The molecule has 2 aromatic heterocycles. The van der Waals surface area contributed by atoms with Crippen molar-refractivity contribution in [2.75, 3.05) is 5.75 Å². The number of H-pyrrole nitrogens is 1. The van der Waals surface area contributed by atoms with E-state index in [-0.39, 0.29) is 36.3 Å². The van der Waals surface area contributed by atoms with E-state index in [1.807, 2.05) is 72.8 Å². The van der Waals surface area contributed by atoms with Gasteiger partial charge in [0.25, 0.3) is 5.91 Å². The SMILES string of the molecule is C[C@H]1[C@@H](CSc2ncn[nH]2)O[C@@H](c2ccc(CNC(=O)c3cnc4ccccc4n3)cc2)O[C@H]1c1ccc(CO)cc1. The van der Waals surface area contributed by atoms with Crippen LogP contribution in [-0.2, 0) is 22.6 Å². The van der Waals surface area contributed by atoms with Crippen LogP contribution >= 0.6 is 11.8 Å². The van der Waals surface area contributed by atoms with E-state index in [9.17, 15) is 9.90 Å². The quantitative estimate of drug-likeness (QED) is 0.210. The van der Waals surface area contributed by atoms with Crippen molar-refractivity contribution in [2.45, 2.75) is 43.7 Å². The van der Waals surface area contributed by atoms with E-state index in [0.717, 1.165) is 32.9 Å². The number of amides is 1. The maximum Gasteiger partial charge on any atom is 0.271 e. The van der Waals surface area contributed by atoms with E-state index < -0.39 is 6.29 Å². The third kappa shape index (κ3) is 6.34. The van der Waals surface area contributed by atoms with Crippen molar-refractivity contribution < 1.29 is 19.4 Å². The number of benzene rings is 3. The van der Waals surface area contributed by atoms with Gasteiger partial charge in [-0.3, -0.25) is 14.9 Å². The molecule has 1 aliphatic heterocycles. The fraction of sp³-hybridized carbons (Fsp3) is 0.258. The molecule has 5 aromatic rings. The van der Waals surface area contributed by atoms with E-state index in [1.54, 1.807) is 11.8 Å². The highest BCUT2D eigenvalue weighted by molar-refractivity contribution is 7.99. The van der Waals surface area contributed by atoms with Crippen molar-refractivity contribution in [1.29, 1.82) is 0 Å². The molecule has 1 saturated heterocycles. The molecule has 10 nitrogen and oxygen atoms in total. The first-order valence-electron chi connectivity index (χ1n) is 13.6. The van der Waals surface area contributed by atoms with Crippen LogP contribution in [0.2, 0.25) is 0 Å². The Labute approximate surface area is 246 Å². The number of hydrogen-bond acceptors (Lipinski definition) is 9. The average Bonchev–Trinajstić information content (AvgIpc) is 3.57. The number of nitrogens with zero attached hydrogens (tertiary/aromatic N) is 4. The fourth-order valence-corrected chi connectivity index (χ4v) is 5.81. The number of para-hydroxylation sites is 2. The van der Waals surface area contributed by atoms with Crippen molar-refractivity contribution >= 4 is 28.7 Å². The van der Waals surface area contributed by atoms with Crippen LogP contribution in [0.3, 0.4) is 0 Å². The monoisotopic (exact) mass is 582 g/mol. The number of aromatic nitrogens is 5. The van der Waals surface area contributed by atoms with E-state index in [0.29, 0.717) is 17.8 Å². The molecule has 1 aliphatic rings. The molecule has 0 unspecified atom stereocenters. The molecule has 1 fully saturated rings. The smallest absolute Gasteiger partial charge is 0.271 e. The molecule has 3 heterocycles. The zero-order valence-electron chi connectivity index (χ0n) is 22.9. The molecule has 0 bridgehead atoms. The minimum atomic E-state index is -0.583. The second kappa shape index (κ2) is 12.8. The van der Waals surface area contributed by atoms with Gasteiger partial charge in [-0.2, -0.15) is 5.10 Å². The Hall–Kier alpha value is -4.16. The van der Waals surface area contributed by atoms with Crippen molar-refractivity contribution in [3.8, 4) is 0 Å². The van der Waals surface area contributed by atoms with Gasteiger partial charge >= 0.3 is 0 Å². The third-order valence-corrected chi connectivity index (χ3v) is 8.25. The Bertz CT molecular complexity index is 1630. The number of rotatable bonds is 9. The predicted molar refractivity (Wildman–Crippen MR) is 157 cm³/mol. The van der Waals surface area contributed by atoms with Gasteiger partial charge < -0.3 is 19.9 Å². The molecular weight excluding hydrogens is 552 g/mol. The van der Waals surface area contributed by atoms with Gasteiger partial charge in [0.05, 0.1) is 36.0 Å². The van der Waals surface area contributed by atoms with Gasteiger partial charge in [0, 0.05) is 23.8 Å². The van der Waals surface area contributed by atoms with Crippen molar-refractivity contribution in [3.63, 3.8) is 0 Å². The summed E-state index contributed by atoms with van der Waals surface area (Å²) in [6.45, 7) is 2.46. The van der Waals surface area contributed by atoms with Crippen molar-refractivity contribution in [2.24, 2.45) is 5.92 Å². The predicted octanol–water partition coefficient (Wildman–Crippen LogP) is 4.75. The molecule has 0 aliphatic carbocycles. The number of carbonyl (C=O) groups is 1. The number of aliphatic hydroxyl groups excluding tert-OH is 1. The summed E-state index contributed by atoms with van der Waals surface area (Å²) in [6, 6.07) is 23.1. The maximum atomic E-state index is 12.7. The lowest BCUT2D eigenvalue weighted by Gasteiger charge is -2.41. The van der Waals surface area contributed by atoms with Gasteiger partial charge in [-0.15, -0.1) is 0 Å². The van der Waals surface area contributed by atoms with Crippen LogP contribution in [0.4, 0.5) is 0 Å². The van der Waals surface area contributed by atoms with Crippen LogP contribution in [0.15, 0.2) is 90.5 Å². The minimum Gasteiger partial charge on any atom is -0.392 e. The van der Waals surface area contributed by atoms with Gasteiger partial charge in [-0.25, -0.2) is 9.97 Å². The second-order valence-corrected chi connectivity index (χ2v) is 11.1. The molecule has 3 N–H and O–H groups in total. The zero-order chi connectivity index (χ0) is 28.9. The highest BCUT2D eigenvalue weighted by Crippen LogP contribution is 2.42. The van der Waals surface area contributed by atoms with Crippen LogP contribution in [0.5, 0.6) is 0 Å². The Morgan fingerprint density at radius 1 is 0.952 bits per heavy atom. The maximum absolute atomic E-state index is 12.7.